The van der Waals surface area contributed by atoms with Crippen LogP contribution in [0.15, 0.2) is 125 Å². The number of aliphatic imine (C=N–C) groups is 1. The highest BCUT2D eigenvalue weighted by molar-refractivity contribution is 7.14. The van der Waals surface area contributed by atoms with Crippen LogP contribution in [0.1, 0.15) is 94.8 Å². The highest BCUT2D eigenvalue weighted by Crippen LogP contribution is 2.40. The number of nitrogens with one attached hydrogen (secondary N) is 3. The van der Waals surface area contributed by atoms with Gasteiger partial charge in [0.2, 0.25) is 17.6 Å². The van der Waals surface area contributed by atoms with Crippen molar-refractivity contribution in [1.82, 2.24) is 25.4 Å². The fraction of sp³-hybridized carbons (Fsp3) is 0.389. The Balaban J connectivity index is 1.08. The molecule has 0 fully saturated rings. The van der Waals surface area contributed by atoms with E-state index in [4.69, 9.17) is 24.0 Å². The van der Waals surface area contributed by atoms with Gasteiger partial charge in [-0.3, -0.25) is 4.79 Å². The fourth-order valence-corrected chi connectivity index (χ4v) is 8.77. The lowest BCUT2D eigenvalue weighted by atomic mass is 9.77. The number of carbonyl (C=O) groups excluding carboxylic acids is 3. The number of carboxylic acids is 1. The van der Waals surface area contributed by atoms with E-state index in [1.54, 1.807) is 46.9 Å². The van der Waals surface area contributed by atoms with Crippen molar-refractivity contribution in [2.24, 2.45) is 10.1 Å². The van der Waals surface area contributed by atoms with Crippen LogP contribution in [0.25, 0.3) is 0 Å². The molecule has 0 atom stereocenters. The number of ether oxygens (including phenoxy) is 3. The molecule has 0 radical (unpaired) electrons. The first-order valence-corrected chi connectivity index (χ1v) is 24.9. The lowest BCUT2D eigenvalue weighted by molar-refractivity contribution is -0.129. The van der Waals surface area contributed by atoms with Crippen LogP contribution in [0.2, 0.25) is 0 Å². The van der Waals surface area contributed by atoms with E-state index in [-0.39, 0.29) is 30.5 Å². The smallest absolute Gasteiger partial charge is 0.407 e. The van der Waals surface area contributed by atoms with Crippen LogP contribution >= 0.6 is 11.3 Å². The predicted octanol–water partition coefficient (Wildman–Crippen LogP) is 8.82. The Hall–Kier alpha value is -7.47. The molecule has 1 aromatic heterocycles. The quantitative estimate of drug-likeness (QED) is 0.0189. The Kier molecular flexibility index (Phi) is 18.8. The van der Waals surface area contributed by atoms with Crippen molar-refractivity contribution in [1.29, 1.82) is 0 Å². The van der Waals surface area contributed by atoms with E-state index in [9.17, 15) is 24.3 Å². The summed E-state index contributed by atoms with van der Waals surface area (Å²) in [6.45, 7) is 14.9. The molecule has 4 aromatic carbocycles. The first-order chi connectivity index (χ1) is 34.4. The number of hydrogen-bond acceptors (Lipinski definition) is 12. The van der Waals surface area contributed by atoms with Crippen molar-refractivity contribution in [2.75, 3.05) is 51.3 Å². The molecule has 0 unspecified atom stereocenters. The number of aliphatic carboxylic acids is 1. The number of thiazole rings is 1. The number of carboxylic acid groups (broad SMARTS) is 1. The minimum absolute atomic E-state index is 0.0304. The number of benzene rings is 4. The molecule has 18 heteroatoms. The Morgan fingerprint density at radius 3 is 1.79 bits per heavy atom. The SMILES string of the molecule is CC(=O)N=C(N(CCCNC(=O)OC(C)(C)C)CCCNC(=O)OC(C)(C)C)N1CCc2cc(OCCO/N=C(\C(=O)O)c3csc(NC(c4ccccc4)(c4ccccc4)c4ccccc4)n3)ccc2C1. The second-order valence-corrected chi connectivity index (χ2v) is 19.9. The maximum absolute atomic E-state index is 12.6. The fourth-order valence-electron chi connectivity index (χ4n) is 8.02. The van der Waals surface area contributed by atoms with Crippen LogP contribution in [-0.2, 0) is 42.4 Å². The highest BCUT2D eigenvalue weighted by Gasteiger charge is 2.37. The lowest BCUT2D eigenvalue weighted by Crippen LogP contribution is -2.48. The van der Waals surface area contributed by atoms with Crippen molar-refractivity contribution >= 4 is 52.2 Å². The number of oxime groups is 1. The van der Waals surface area contributed by atoms with Gasteiger partial charge in [0.15, 0.2) is 11.7 Å². The van der Waals surface area contributed by atoms with Crippen molar-refractivity contribution in [3.63, 3.8) is 0 Å². The summed E-state index contributed by atoms with van der Waals surface area (Å²) in [5, 5.41) is 25.6. The number of amides is 3. The number of alkyl carbamates (subject to hydrolysis) is 2. The van der Waals surface area contributed by atoms with Gasteiger partial charge in [-0.1, -0.05) is 102 Å². The zero-order valence-electron chi connectivity index (χ0n) is 42.1. The molecule has 4 N–H and O–H groups in total. The number of anilines is 1. The zero-order valence-corrected chi connectivity index (χ0v) is 42.9. The Morgan fingerprint density at radius 2 is 1.29 bits per heavy atom. The molecule has 0 bridgehead atoms. The summed E-state index contributed by atoms with van der Waals surface area (Å²) in [6, 6.07) is 35.9. The number of fused-ring (bicyclic) bond motifs is 1. The molecule has 5 aromatic rings. The molecule has 3 amide bonds. The van der Waals surface area contributed by atoms with Gasteiger partial charge in [0.1, 0.15) is 34.8 Å². The third-order valence-electron chi connectivity index (χ3n) is 11.0. The van der Waals surface area contributed by atoms with Gasteiger partial charge in [0.25, 0.3) is 0 Å². The minimum atomic E-state index is -1.29. The van der Waals surface area contributed by atoms with Gasteiger partial charge >= 0.3 is 18.2 Å². The maximum atomic E-state index is 12.6. The average molecular weight is 1000 g/mol. The molecular formula is C54H66N8O9S. The highest BCUT2D eigenvalue weighted by atomic mass is 32.1. The van der Waals surface area contributed by atoms with Gasteiger partial charge in [-0.05, 0) is 101 Å². The van der Waals surface area contributed by atoms with Gasteiger partial charge in [-0.2, -0.15) is 4.99 Å². The minimum Gasteiger partial charge on any atom is -0.490 e. The standard InChI is InChI=1S/C54H66N8O9S/c1-38(63)57-49(61(30-17-28-55-50(66)70-52(2,3)4)31-18-29-56-51(67)71-53(5,6)7)62-32-27-39-35-44(26-25-40(39)36-62)68-33-34-69-60-46(47(64)65)45-37-72-48(58-45)59-54(41-19-11-8-12-20-41,42-21-13-9-14-22-42)43-23-15-10-16-24-43/h8-16,19-26,35,37H,17-18,27-34,36H2,1-7H3,(H,55,66)(H,56,67)(H,58,59)(H,64,65)/b57-49?,60-46-. The van der Waals surface area contributed by atoms with E-state index in [0.29, 0.717) is 75.4 Å². The van der Waals surface area contributed by atoms with E-state index in [1.807, 2.05) is 77.7 Å². The average Bonchev–Trinajstić information content (AvgIpc) is 3.80. The van der Waals surface area contributed by atoms with Crippen LogP contribution in [-0.4, -0.2) is 113 Å². The van der Waals surface area contributed by atoms with Crippen molar-refractivity contribution in [2.45, 2.75) is 91.0 Å². The number of nitrogens with zero attached hydrogens (tertiary/aromatic N) is 5. The zero-order chi connectivity index (χ0) is 51.7. The van der Waals surface area contributed by atoms with Crippen LogP contribution in [0.3, 0.4) is 0 Å². The van der Waals surface area contributed by atoms with Gasteiger partial charge in [-0.15, -0.1) is 11.3 Å². The van der Waals surface area contributed by atoms with Crippen molar-refractivity contribution in [3.05, 3.63) is 148 Å². The number of aromatic nitrogens is 1. The molecule has 1 aliphatic rings. The molecule has 0 aliphatic carbocycles. The third-order valence-corrected chi connectivity index (χ3v) is 11.8. The molecule has 72 heavy (non-hydrogen) atoms. The summed E-state index contributed by atoms with van der Waals surface area (Å²) in [5.41, 5.74) is 2.71. The monoisotopic (exact) mass is 1000 g/mol. The topological polar surface area (TPSA) is 206 Å². The second-order valence-electron chi connectivity index (χ2n) is 19.0. The molecule has 1 aliphatic heterocycles. The molecule has 0 saturated carbocycles. The van der Waals surface area contributed by atoms with Crippen molar-refractivity contribution < 1.29 is 43.3 Å². The second kappa shape index (κ2) is 25.1. The number of hydrogen-bond donors (Lipinski definition) is 4. The summed E-state index contributed by atoms with van der Waals surface area (Å²) in [5.74, 6) is -0.532. The molecule has 382 valence electrons. The van der Waals surface area contributed by atoms with E-state index in [1.165, 1.54) is 18.3 Å². The van der Waals surface area contributed by atoms with E-state index >= 15 is 0 Å². The van der Waals surface area contributed by atoms with Crippen molar-refractivity contribution in [3.8, 4) is 5.75 Å². The van der Waals surface area contributed by atoms with E-state index < -0.39 is 34.9 Å². The molecule has 0 saturated heterocycles. The normalized spacial score (nSPS) is 13.1. The van der Waals surface area contributed by atoms with Crippen LogP contribution in [0, 0.1) is 0 Å². The Labute approximate surface area is 425 Å². The van der Waals surface area contributed by atoms with Gasteiger partial charge in [0.05, 0.1) is 0 Å². The largest absolute Gasteiger partial charge is 0.490 e. The molecule has 2 heterocycles. The third kappa shape index (κ3) is 15.8. The summed E-state index contributed by atoms with van der Waals surface area (Å²) in [7, 11) is 0. The molecule has 6 rings (SSSR count). The molecule has 17 nitrogen and oxygen atoms in total. The summed E-state index contributed by atoms with van der Waals surface area (Å²) in [6.07, 6.45) is 0.685. The van der Waals surface area contributed by atoms with Gasteiger partial charge in [-0.25, -0.2) is 19.4 Å². The van der Waals surface area contributed by atoms with Gasteiger partial charge < -0.3 is 49.9 Å². The summed E-state index contributed by atoms with van der Waals surface area (Å²) >= 11 is 1.27. The molecular weight excluding hydrogens is 937 g/mol. The van der Waals surface area contributed by atoms with Crippen LogP contribution in [0.5, 0.6) is 5.75 Å². The Bertz CT molecular complexity index is 2520. The van der Waals surface area contributed by atoms with Crippen LogP contribution < -0.4 is 20.7 Å². The first kappa shape index (κ1) is 53.9. The molecule has 0 spiro atoms. The summed E-state index contributed by atoms with van der Waals surface area (Å²) in [4.78, 5) is 68.6. The maximum Gasteiger partial charge on any atom is 0.407 e. The number of guanidine groups is 1. The van der Waals surface area contributed by atoms with Crippen LogP contribution in [0.4, 0.5) is 14.7 Å². The number of carbonyl (C=O) groups is 4. The lowest BCUT2D eigenvalue weighted by Gasteiger charge is -2.37. The number of rotatable bonds is 20. The Morgan fingerprint density at radius 1 is 0.750 bits per heavy atom. The van der Waals surface area contributed by atoms with Gasteiger partial charge in [0, 0.05) is 51.6 Å². The first-order valence-electron chi connectivity index (χ1n) is 24.0. The van der Waals surface area contributed by atoms with E-state index in [2.05, 4.69) is 67.4 Å². The predicted molar refractivity (Wildman–Crippen MR) is 279 cm³/mol. The summed E-state index contributed by atoms with van der Waals surface area (Å²) < 4.78 is 16.8. The van der Waals surface area contributed by atoms with E-state index in [0.717, 1.165) is 27.8 Å².